The first kappa shape index (κ1) is 15.7. The van der Waals surface area contributed by atoms with E-state index in [0.29, 0.717) is 43.4 Å². The zero-order valence-electron chi connectivity index (χ0n) is 13.9. The fraction of sp³-hybridized carbons (Fsp3) is 0.611. The van der Waals surface area contributed by atoms with E-state index in [9.17, 15) is 4.79 Å². The van der Waals surface area contributed by atoms with Crippen LogP contribution in [0.25, 0.3) is 0 Å². The fourth-order valence-corrected chi connectivity index (χ4v) is 3.88. The lowest BCUT2D eigenvalue weighted by Crippen LogP contribution is -2.53. The highest BCUT2D eigenvalue weighted by Crippen LogP contribution is 2.34. The maximum absolute atomic E-state index is 13.0. The van der Waals surface area contributed by atoms with Gasteiger partial charge in [0.15, 0.2) is 11.5 Å². The molecule has 4 rings (SSSR count). The average molecular weight is 333 g/mol. The first-order chi connectivity index (χ1) is 11.8. The minimum atomic E-state index is -0.0203. The third-order valence-corrected chi connectivity index (χ3v) is 5.09. The number of rotatable bonds is 2. The van der Waals surface area contributed by atoms with Gasteiger partial charge in [-0.05, 0) is 31.0 Å². The molecule has 3 aliphatic rings. The highest BCUT2D eigenvalue weighted by atomic mass is 16.5. The van der Waals surface area contributed by atoms with E-state index in [2.05, 4.69) is 0 Å². The molecule has 1 amide bonds. The van der Waals surface area contributed by atoms with E-state index in [1.54, 1.807) is 13.2 Å². The molecule has 6 nitrogen and oxygen atoms in total. The van der Waals surface area contributed by atoms with Crippen LogP contribution in [0.15, 0.2) is 18.2 Å². The molecule has 1 saturated heterocycles. The summed E-state index contributed by atoms with van der Waals surface area (Å²) in [4.78, 5) is 15.0. The van der Waals surface area contributed by atoms with Crippen LogP contribution < -0.4 is 9.47 Å². The Kier molecular flexibility index (Phi) is 4.33. The van der Waals surface area contributed by atoms with Crippen LogP contribution in [0.4, 0.5) is 0 Å². The van der Waals surface area contributed by atoms with Gasteiger partial charge >= 0.3 is 0 Å². The molecule has 0 spiro atoms. The van der Waals surface area contributed by atoms with Gasteiger partial charge in [-0.1, -0.05) is 0 Å². The molecule has 0 bridgehead atoms. The van der Waals surface area contributed by atoms with Crippen LogP contribution >= 0.6 is 0 Å². The highest BCUT2D eigenvalue weighted by Gasteiger charge is 2.44. The number of carbonyl (C=O) groups excluding carboxylic acids is 1. The molecule has 24 heavy (non-hydrogen) atoms. The molecule has 0 radical (unpaired) electrons. The molecule has 0 N–H and O–H groups in total. The summed E-state index contributed by atoms with van der Waals surface area (Å²) in [5.41, 5.74) is 0.640. The van der Waals surface area contributed by atoms with Crippen molar-refractivity contribution in [1.29, 1.82) is 0 Å². The Labute approximate surface area is 141 Å². The second kappa shape index (κ2) is 6.61. The van der Waals surface area contributed by atoms with Gasteiger partial charge in [-0.25, -0.2) is 0 Å². The minimum Gasteiger partial charge on any atom is -0.490 e. The number of morpholine rings is 1. The van der Waals surface area contributed by atoms with Gasteiger partial charge in [0, 0.05) is 25.6 Å². The van der Waals surface area contributed by atoms with Crippen molar-refractivity contribution in [2.75, 3.05) is 33.5 Å². The standard InChI is InChI=1S/C18H23NO5/c1-21-15-6-4-13-17(15)24-10-7-19(13)18(20)12-3-5-14-16(11-12)23-9-2-8-22-14/h3,5,11,13,15,17H,2,4,6-10H2,1H3/t13-,15-,17+/m0/s1. The quantitative estimate of drug-likeness (QED) is 0.827. The normalized spacial score (nSPS) is 29.0. The number of methoxy groups -OCH3 is 1. The molecule has 2 fully saturated rings. The van der Waals surface area contributed by atoms with E-state index in [0.717, 1.165) is 19.3 Å². The molecule has 3 atom stereocenters. The Morgan fingerprint density at radius 2 is 2.00 bits per heavy atom. The van der Waals surface area contributed by atoms with E-state index in [-0.39, 0.29) is 24.2 Å². The summed E-state index contributed by atoms with van der Waals surface area (Å²) in [7, 11) is 1.71. The van der Waals surface area contributed by atoms with Gasteiger partial charge in [-0.3, -0.25) is 4.79 Å². The molecule has 6 heteroatoms. The lowest BCUT2D eigenvalue weighted by atomic mass is 10.1. The molecule has 2 aliphatic heterocycles. The zero-order valence-corrected chi connectivity index (χ0v) is 13.9. The van der Waals surface area contributed by atoms with Crippen molar-refractivity contribution in [3.63, 3.8) is 0 Å². The third kappa shape index (κ3) is 2.74. The second-order valence-electron chi connectivity index (χ2n) is 6.46. The molecule has 1 aliphatic carbocycles. The molecule has 1 aromatic carbocycles. The van der Waals surface area contributed by atoms with Crippen LogP contribution in [0.3, 0.4) is 0 Å². The van der Waals surface area contributed by atoms with Crippen molar-refractivity contribution < 1.29 is 23.7 Å². The Morgan fingerprint density at radius 3 is 2.83 bits per heavy atom. The summed E-state index contributed by atoms with van der Waals surface area (Å²) >= 11 is 0. The topological polar surface area (TPSA) is 57.2 Å². The van der Waals surface area contributed by atoms with Crippen LogP contribution in [0.1, 0.15) is 29.6 Å². The maximum Gasteiger partial charge on any atom is 0.254 e. The summed E-state index contributed by atoms with van der Waals surface area (Å²) in [5.74, 6) is 1.40. The first-order valence-electron chi connectivity index (χ1n) is 8.63. The Balaban J connectivity index is 1.56. The minimum absolute atomic E-state index is 0.0203. The van der Waals surface area contributed by atoms with E-state index in [1.807, 2.05) is 17.0 Å². The van der Waals surface area contributed by atoms with Gasteiger partial charge in [0.2, 0.25) is 0 Å². The van der Waals surface area contributed by atoms with Gasteiger partial charge in [0.1, 0.15) is 6.10 Å². The van der Waals surface area contributed by atoms with Gasteiger partial charge < -0.3 is 23.8 Å². The SMILES string of the molecule is CO[C@H]1CC[C@H]2[C@H]1OCCN2C(=O)c1ccc2c(c1)OCCCO2. The summed E-state index contributed by atoms with van der Waals surface area (Å²) in [6.45, 7) is 2.43. The molecular weight excluding hydrogens is 310 g/mol. The van der Waals surface area contributed by atoms with Crippen LogP contribution in [0.5, 0.6) is 11.5 Å². The van der Waals surface area contributed by atoms with Crippen molar-refractivity contribution in [1.82, 2.24) is 4.90 Å². The summed E-state index contributed by atoms with van der Waals surface area (Å²) in [6, 6.07) is 5.55. The Hall–Kier alpha value is -1.79. The second-order valence-corrected chi connectivity index (χ2v) is 6.46. The van der Waals surface area contributed by atoms with Crippen molar-refractivity contribution in [2.24, 2.45) is 0 Å². The van der Waals surface area contributed by atoms with Crippen LogP contribution in [0.2, 0.25) is 0 Å². The lowest BCUT2D eigenvalue weighted by molar-refractivity contribution is -0.0946. The third-order valence-electron chi connectivity index (χ3n) is 5.09. The predicted octanol–water partition coefficient (Wildman–Crippen LogP) is 1.87. The summed E-state index contributed by atoms with van der Waals surface area (Å²) in [5, 5.41) is 0. The average Bonchev–Trinajstić information content (AvgIpc) is 2.90. The molecular formula is C18H23NO5. The molecule has 1 saturated carbocycles. The molecule has 0 aromatic heterocycles. The van der Waals surface area contributed by atoms with Crippen LogP contribution in [0, 0.1) is 0 Å². The summed E-state index contributed by atoms with van der Waals surface area (Å²) < 4.78 is 22.7. The highest BCUT2D eigenvalue weighted by molar-refractivity contribution is 5.95. The number of carbonyl (C=O) groups is 1. The monoisotopic (exact) mass is 333 g/mol. The van der Waals surface area contributed by atoms with E-state index in [1.165, 1.54) is 0 Å². The number of benzene rings is 1. The van der Waals surface area contributed by atoms with Crippen molar-refractivity contribution in [3.05, 3.63) is 23.8 Å². The molecule has 130 valence electrons. The largest absolute Gasteiger partial charge is 0.490 e. The lowest BCUT2D eigenvalue weighted by Gasteiger charge is -2.39. The van der Waals surface area contributed by atoms with E-state index in [4.69, 9.17) is 18.9 Å². The van der Waals surface area contributed by atoms with Gasteiger partial charge in [-0.2, -0.15) is 0 Å². The Bertz CT molecular complexity index is 619. The van der Waals surface area contributed by atoms with Crippen LogP contribution in [-0.2, 0) is 9.47 Å². The zero-order chi connectivity index (χ0) is 16.5. The number of nitrogens with zero attached hydrogens (tertiary/aromatic N) is 1. The fourth-order valence-electron chi connectivity index (χ4n) is 3.88. The predicted molar refractivity (Wildman–Crippen MR) is 86.6 cm³/mol. The molecule has 2 heterocycles. The number of amides is 1. The first-order valence-corrected chi connectivity index (χ1v) is 8.63. The van der Waals surface area contributed by atoms with Crippen LogP contribution in [-0.4, -0.2) is 62.5 Å². The number of hydrogen-bond donors (Lipinski definition) is 0. The smallest absolute Gasteiger partial charge is 0.254 e. The number of fused-ring (bicyclic) bond motifs is 2. The van der Waals surface area contributed by atoms with E-state index >= 15 is 0 Å². The number of ether oxygens (including phenoxy) is 4. The maximum atomic E-state index is 13.0. The van der Waals surface area contributed by atoms with Gasteiger partial charge in [0.05, 0.1) is 32.0 Å². The Morgan fingerprint density at radius 1 is 1.17 bits per heavy atom. The van der Waals surface area contributed by atoms with Crippen molar-refractivity contribution in [2.45, 2.75) is 37.5 Å². The molecule has 0 unspecified atom stereocenters. The van der Waals surface area contributed by atoms with Crippen molar-refractivity contribution >= 4 is 5.91 Å². The van der Waals surface area contributed by atoms with Gasteiger partial charge in [-0.15, -0.1) is 0 Å². The van der Waals surface area contributed by atoms with Crippen molar-refractivity contribution in [3.8, 4) is 11.5 Å². The van der Waals surface area contributed by atoms with E-state index < -0.39 is 0 Å². The van der Waals surface area contributed by atoms with Gasteiger partial charge in [0.25, 0.3) is 5.91 Å². The summed E-state index contributed by atoms with van der Waals surface area (Å²) in [6.07, 6.45) is 2.75. The molecule has 1 aromatic rings. The number of hydrogen-bond acceptors (Lipinski definition) is 5.